The second-order valence-electron chi connectivity index (χ2n) is 6.15. The molecule has 1 saturated heterocycles. The Bertz CT molecular complexity index is 391. The highest BCUT2D eigenvalue weighted by molar-refractivity contribution is 7.11. The second kappa shape index (κ2) is 7.53. The quantitative estimate of drug-likeness (QED) is 0.808. The normalized spacial score (nSPS) is 24.8. The van der Waals surface area contributed by atoms with Gasteiger partial charge in [0, 0.05) is 24.2 Å². The third-order valence-electron chi connectivity index (χ3n) is 4.41. The number of nitrogens with zero attached hydrogens (tertiary/aromatic N) is 1. The van der Waals surface area contributed by atoms with Gasteiger partial charge in [-0.1, -0.05) is 20.3 Å². The lowest BCUT2D eigenvalue weighted by molar-refractivity contribution is 0.177. The van der Waals surface area contributed by atoms with Crippen molar-refractivity contribution in [2.24, 2.45) is 5.41 Å². The molecule has 1 fully saturated rings. The minimum absolute atomic E-state index is 0.371. The summed E-state index contributed by atoms with van der Waals surface area (Å²) >= 11 is 1.85. The lowest BCUT2D eigenvalue weighted by Gasteiger charge is -2.38. The zero-order valence-corrected chi connectivity index (χ0v) is 14.0. The Hall–Kier alpha value is -0.450. The van der Waals surface area contributed by atoms with Crippen LogP contribution in [0.2, 0.25) is 0 Å². The van der Waals surface area contributed by atoms with E-state index in [1.54, 1.807) is 0 Å². The Morgan fingerprint density at radius 1 is 1.50 bits per heavy atom. The minimum Gasteiger partial charge on any atom is -0.316 e. The van der Waals surface area contributed by atoms with Gasteiger partial charge in [-0.3, -0.25) is 0 Å². The van der Waals surface area contributed by atoms with Gasteiger partial charge >= 0.3 is 0 Å². The zero-order chi connectivity index (χ0) is 14.4. The van der Waals surface area contributed by atoms with Crippen molar-refractivity contribution < 1.29 is 0 Å². The van der Waals surface area contributed by atoms with Crippen molar-refractivity contribution in [3.05, 3.63) is 16.1 Å². The Kier molecular flexibility index (Phi) is 6.00. The number of piperidine rings is 1. The molecule has 114 valence electrons. The first-order chi connectivity index (χ1) is 9.69. The average molecular weight is 295 g/mol. The van der Waals surface area contributed by atoms with E-state index in [1.165, 1.54) is 48.7 Å². The molecule has 0 spiro atoms. The topological polar surface area (TPSA) is 37.0 Å². The van der Waals surface area contributed by atoms with E-state index >= 15 is 0 Å². The van der Waals surface area contributed by atoms with Crippen LogP contribution in [0.25, 0.3) is 0 Å². The van der Waals surface area contributed by atoms with E-state index in [1.807, 2.05) is 17.5 Å². The van der Waals surface area contributed by atoms with Gasteiger partial charge in [-0.2, -0.15) is 0 Å². The van der Waals surface area contributed by atoms with Gasteiger partial charge < -0.3 is 10.6 Å². The molecule has 2 heterocycles. The molecule has 0 aliphatic carbocycles. The number of aromatic nitrogens is 1. The maximum absolute atomic E-state index is 4.56. The van der Waals surface area contributed by atoms with Crippen LogP contribution in [-0.4, -0.2) is 24.6 Å². The first-order valence-corrected chi connectivity index (χ1v) is 8.89. The number of rotatable bonds is 7. The summed E-state index contributed by atoms with van der Waals surface area (Å²) in [5.74, 6) is 0. The third-order valence-corrected chi connectivity index (χ3v) is 5.74. The highest BCUT2D eigenvalue weighted by atomic mass is 32.1. The summed E-state index contributed by atoms with van der Waals surface area (Å²) in [7, 11) is 0. The van der Waals surface area contributed by atoms with Crippen LogP contribution in [0.4, 0.5) is 0 Å². The SMILES string of the molecule is CCCC1(CNC(C)c2ncc(CC)s2)CCCNC1. The van der Waals surface area contributed by atoms with Crippen molar-refractivity contribution in [1.82, 2.24) is 15.6 Å². The van der Waals surface area contributed by atoms with Crippen molar-refractivity contribution in [2.75, 3.05) is 19.6 Å². The van der Waals surface area contributed by atoms with Crippen molar-refractivity contribution in [2.45, 2.75) is 58.9 Å². The van der Waals surface area contributed by atoms with Crippen molar-refractivity contribution in [3.8, 4) is 0 Å². The molecule has 4 heteroatoms. The van der Waals surface area contributed by atoms with Crippen molar-refractivity contribution in [3.63, 3.8) is 0 Å². The Morgan fingerprint density at radius 3 is 2.95 bits per heavy atom. The van der Waals surface area contributed by atoms with Gasteiger partial charge in [0.1, 0.15) is 5.01 Å². The molecular formula is C16H29N3S. The van der Waals surface area contributed by atoms with Crippen LogP contribution in [0.1, 0.15) is 62.4 Å². The van der Waals surface area contributed by atoms with Crippen LogP contribution in [-0.2, 0) is 6.42 Å². The van der Waals surface area contributed by atoms with Crippen LogP contribution in [0, 0.1) is 5.41 Å². The highest BCUT2D eigenvalue weighted by Gasteiger charge is 2.31. The van der Waals surface area contributed by atoms with E-state index in [4.69, 9.17) is 0 Å². The fraction of sp³-hybridized carbons (Fsp3) is 0.812. The van der Waals surface area contributed by atoms with Gasteiger partial charge in [-0.15, -0.1) is 11.3 Å². The molecule has 3 nitrogen and oxygen atoms in total. The van der Waals surface area contributed by atoms with E-state index in [-0.39, 0.29) is 0 Å². The monoisotopic (exact) mass is 295 g/mol. The number of hydrogen-bond donors (Lipinski definition) is 2. The highest BCUT2D eigenvalue weighted by Crippen LogP contribution is 2.32. The molecule has 1 aliphatic heterocycles. The Morgan fingerprint density at radius 2 is 2.35 bits per heavy atom. The van der Waals surface area contributed by atoms with Gasteiger partial charge in [0.05, 0.1) is 6.04 Å². The van der Waals surface area contributed by atoms with Gasteiger partial charge in [-0.05, 0) is 44.6 Å². The van der Waals surface area contributed by atoms with Crippen LogP contribution in [0.3, 0.4) is 0 Å². The van der Waals surface area contributed by atoms with Gasteiger partial charge in [0.15, 0.2) is 0 Å². The predicted molar refractivity (Wildman–Crippen MR) is 87.4 cm³/mol. The summed E-state index contributed by atoms with van der Waals surface area (Å²) in [6.07, 6.45) is 8.38. The maximum atomic E-state index is 4.56. The van der Waals surface area contributed by atoms with Gasteiger partial charge in [0.25, 0.3) is 0 Å². The predicted octanol–water partition coefficient (Wildman–Crippen LogP) is 3.53. The number of aryl methyl sites for hydroxylation is 1. The first kappa shape index (κ1) is 15.9. The molecule has 2 atom stereocenters. The molecule has 2 N–H and O–H groups in total. The summed E-state index contributed by atoms with van der Waals surface area (Å²) in [5.41, 5.74) is 0.451. The van der Waals surface area contributed by atoms with Gasteiger partial charge in [0.2, 0.25) is 0 Å². The molecule has 1 aromatic heterocycles. The molecule has 2 unspecified atom stereocenters. The van der Waals surface area contributed by atoms with Crippen LogP contribution in [0.15, 0.2) is 6.20 Å². The number of hydrogen-bond acceptors (Lipinski definition) is 4. The third kappa shape index (κ3) is 4.03. The van der Waals surface area contributed by atoms with E-state index in [0.29, 0.717) is 11.5 Å². The molecule has 0 saturated carbocycles. The minimum atomic E-state index is 0.371. The molecule has 0 aromatic carbocycles. The Labute approximate surface area is 127 Å². The van der Waals surface area contributed by atoms with Crippen LogP contribution >= 0.6 is 11.3 Å². The number of thiazole rings is 1. The number of nitrogens with one attached hydrogen (secondary N) is 2. The molecule has 1 aromatic rings. The fourth-order valence-electron chi connectivity index (χ4n) is 3.16. The summed E-state index contributed by atoms with van der Waals surface area (Å²) in [6, 6.07) is 0.371. The average Bonchev–Trinajstić information content (AvgIpc) is 2.95. The van der Waals surface area contributed by atoms with Crippen LogP contribution < -0.4 is 10.6 Å². The molecule has 0 bridgehead atoms. The van der Waals surface area contributed by atoms with E-state index in [9.17, 15) is 0 Å². The summed E-state index contributed by atoms with van der Waals surface area (Å²) < 4.78 is 0. The van der Waals surface area contributed by atoms with Crippen molar-refractivity contribution in [1.29, 1.82) is 0 Å². The Balaban J connectivity index is 1.91. The summed E-state index contributed by atoms with van der Waals surface area (Å²) in [5, 5.41) is 8.56. The molecule has 20 heavy (non-hydrogen) atoms. The van der Waals surface area contributed by atoms with Crippen LogP contribution in [0.5, 0.6) is 0 Å². The lowest BCUT2D eigenvalue weighted by atomic mass is 9.77. The second-order valence-corrected chi connectivity index (χ2v) is 7.30. The fourth-order valence-corrected chi connectivity index (χ4v) is 4.04. The van der Waals surface area contributed by atoms with E-state index in [2.05, 4.69) is 36.4 Å². The summed E-state index contributed by atoms with van der Waals surface area (Å²) in [6.45, 7) is 10.2. The summed E-state index contributed by atoms with van der Waals surface area (Å²) in [4.78, 5) is 5.95. The largest absolute Gasteiger partial charge is 0.316 e. The van der Waals surface area contributed by atoms with Gasteiger partial charge in [-0.25, -0.2) is 4.98 Å². The molecular weight excluding hydrogens is 266 g/mol. The standard InChI is InChI=1S/C16H29N3S/c1-4-7-16(8-6-9-17-11-16)12-19-13(3)15-18-10-14(5-2)20-15/h10,13,17,19H,4-9,11-12H2,1-3H3. The lowest BCUT2D eigenvalue weighted by Crippen LogP contribution is -2.46. The zero-order valence-electron chi connectivity index (χ0n) is 13.2. The smallest absolute Gasteiger partial charge is 0.109 e. The van der Waals surface area contributed by atoms with E-state index in [0.717, 1.165) is 13.0 Å². The van der Waals surface area contributed by atoms with Crippen molar-refractivity contribution >= 4 is 11.3 Å². The first-order valence-electron chi connectivity index (χ1n) is 8.08. The maximum Gasteiger partial charge on any atom is 0.109 e. The molecule has 2 rings (SSSR count). The molecule has 1 aliphatic rings. The molecule has 0 radical (unpaired) electrons. The molecule has 0 amide bonds. The van der Waals surface area contributed by atoms with E-state index < -0.39 is 0 Å².